The Kier molecular flexibility index (Phi) is 6.30. The summed E-state index contributed by atoms with van der Waals surface area (Å²) < 4.78 is 12.0. The highest BCUT2D eigenvalue weighted by molar-refractivity contribution is 6.02. The van der Waals surface area contributed by atoms with Crippen LogP contribution in [0.3, 0.4) is 0 Å². The van der Waals surface area contributed by atoms with E-state index in [1.165, 1.54) is 39.1 Å². The molecule has 0 amide bonds. The minimum absolute atomic E-state index is 0.0139. The molecule has 168 valence electrons. The van der Waals surface area contributed by atoms with Crippen molar-refractivity contribution in [1.82, 2.24) is 0 Å². The monoisotopic (exact) mass is 438 g/mol. The van der Waals surface area contributed by atoms with Crippen LogP contribution in [0.25, 0.3) is 21.5 Å². The van der Waals surface area contributed by atoms with E-state index in [0.717, 1.165) is 25.0 Å². The van der Waals surface area contributed by atoms with Crippen molar-refractivity contribution in [2.24, 2.45) is 0 Å². The standard InChI is InChI=1S/C30H30O3/c1-2-30(31)33-29-14-8-7-13-27(29)21-15-17-24(18-16-21)32-20-28-25-11-5-3-9-22(25)19-23-10-4-6-12-26(23)28/h3-6,9-12,15-19,27,29H,2,7-8,13-14,20H2,1H3/t27-,29+/m1/s1. The summed E-state index contributed by atoms with van der Waals surface area (Å²) in [5.74, 6) is 1.02. The summed E-state index contributed by atoms with van der Waals surface area (Å²) in [6.07, 6.45) is 4.72. The van der Waals surface area contributed by atoms with Gasteiger partial charge in [-0.15, -0.1) is 0 Å². The van der Waals surface area contributed by atoms with Crippen LogP contribution in [0.5, 0.6) is 5.75 Å². The minimum atomic E-state index is -0.103. The van der Waals surface area contributed by atoms with E-state index in [2.05, 4.69) is 78.9 Å². The van der Waals surface area contributed by atoms with Crippen LogP contribution in [0.2, 0.25) is 0 Å². The molecule has 5 rings (SSSR count). The molecule has 4 aromatic rings. The van der Waals surface area contributed by atoms with Crippen LogP contribution in [0, 0.1) is 0 Å². The SMILES string of the molecule is CCC(=O)O[C@H]1CCCC[C@@H]1c1ccc(OCc2c3ccccc3cc3ccccc23)cc1. The molecular weight excluding hydrogens is 408 g/mol. The third kappa shape index (κ3) is 4.59. The van der Waals surface area contributed by atoms with E-state index in [1.807, 2.05) is 6.92 Å². The number of benzene rings is 4. The summed E-state index contributed by atoms with van der Waals surface area (Å²) in [5, 5.41) is 4.93. The summed E-state index contributed by atoms with van der Waals surface area (Å²) in [6, 6.07) is 27.6. The van der Waals surface area contributed by atoms with E-state index in [0.29, 0.717) is 13.0 Å². The first-order valence-corrected chi connectivity index (χ1v) is 12.0. The average Bonchev–Trinajstić information content (AvgIpc) is 2.87. The Morgan fingerprint density at radius 3 is 2.15 bits per heavy atom. The normalized spacial score (nSPS) is 18.3. The Balaban J connectivity index is 1.36. The van der Waals surface area contributed by atoms with Crippen LogP contribution >= 0.6 is 0 Å². The third-order valence-electron chi connectivity index (χ3n) is 6.85. The number of hydrogen-bond acceptors (Lipinski definition) is 3. The first-order valence-electron chi connectivity index (χ1n) is 12.0. The largest absolute Gasteiger partial charge is 0.489 e. The molecule has 0 N–H and O–H groups in total. The Morgan fingerprint density at radius 1 is 0.848 bits per heavy atom. The van der Waals surface area contributed by atoms with Gasteiger partial charge in [-0.05, 0) is 64.6 Å². The maximum Gasteiger partial charge on any atom is 0.305 e. The molecule has 1 aliphatic carbocycles. The van der Waals surface area contributed by atoms with E-state index in [-0.39, 0.29) is 18.0 Å². The summed E-state index contributed by atoms with van der Waals surface area (Å²) in [7, 11) is 0. The fourth-order valence-corrected chi connectivity index (χ4v) is 5.10. The molecule has 0 aromatic heterocycles. The minimum Gasteiger partial charge on any atom is -0.489 e. The van der Waals surface area contributed by atoms with Crippen molar-refractivity contribution in [2.75, 3.05) is 0 Å². The lowest BCUT2D eigenvalue weighted by molar-refractivity contribution is -0.151. The van der Waals surface area contributed by atoms with Crippen LogP contribution < -0.4 is 4.74 Å². The molecule has 0 unspecified atom stereocenters. The van der Waals surface area contributed by atoms with Gasteiger partial charge in [-0.2, -0.15) is 0 Å². The van der Waals surface area contributed by atoms with Crippen LogP contribution in [0.1, 0.15) is 56.1 Å². The first-order chi connectivity index (χ1) is 16.2. The lowest BCUT2D eigenvalue weighted by Crippen LogP contribution is -2.28. The van der Waals surface area contributed by atoms with Gasteiger partial charge in [0.15, 0.2) is 0 Å². The zero-order valence-electron chi connectivity index (χ0n) is 19.1. The number of carbonyl (C=O) groups is 1. The van der Waals surface area contributed by atoms with Gasteiger partial charge in [0.1, 0.15) is 18.5 Å². The third-order valence-corrected chi connectivity index (χ3v) is 6.85. The van der Waals surface area contributed by atoms with Crippen molar-refractivity contribution >= 4 is 27.5 Å². The van der Waals surface area contributed by atoms with Gasteiger partial charge in [-0.1, -0.05) is 74.0 Å². The molecule has 1 fully saturated rings. The lowest BCUT2D eigenvalue weighted by atomic mass is 9.81. The quantitative estimate of drug-likeness (QED) is 0.230. The van der Waals surface area contributed by atoms with Crippen molar-refractivity contribution in [1.29, 1.82) is 0 Å². The lowest BCUT2D eigenvalue weighted by Gasteiger charge is -2.31. The summed E-state index contributed by atoms with van der Waals surface area (Å²) in [6.45, 7) is 2.37. The van der Waals surface area contributed by atoms with Gasteiger partial charge in [0.25, 0.3) is 0 Å². The van der Waals surface area contributed by atoms with E-state index < -0.39 is 0 Å². The maximum atomic E-state index is 11.9. The second-order valence-electron chi connectivity index (χ2n) is 8.93. The van der Waals surface area contributed by atoms with Crippen LogP contribution in [-0.4, -0.2) is 12.1 Å². The van der Waals surface area contributed by atoms with Crippen molar-refractivity contribution in [3.8, 4) is 5.75 Å². The Morgan fingerprint density at radius 2 is 1.48 bits per heavy atom. The predicted octanol–water partition coefficient (Wildman–Crippen LogP) is 7.55. The summed E-state index contributed by atoms with van der Waals surface area (Å²) in [5.41, 5.74) is 2.44. The van der Waals surface area contributed by atoms with Gasteiger partial charge in [-0.3, -0.25) is 4.79 Å². The number of fused-ring (bicyclic) bond motifs is 2. The molecule has 0 spiro atoms. The number of esters is 1. The van der Waals surface area contributed by atoms with Gasteiger partial charge in [0.05, 0.1) is 0 Å². The molecule has 2 atom stereocenters. The molecule has 1 saturated carbocycles. The molecular formula is C30H30O3. The molecule has 1 aliphatic rings. The summed E-state index contributed by atoms with van der Waals surface area (Å²) >= 11 is 0. The molecule has 0 aliphatic heterocycles. The molecule has 4 aromatic carbocycles. The molecule has 3 heteroatoms. The van der Waals surface area contributed by atoms with Gasteiger partial charge < -0.3 is 9.47 Å². The zero-order valence-corrected chi connectivity index (χ0v) is 19.1. The average molecular weight is 439 g/mol. The molecule has 3 nitrogen and oxygen atoms in total. The van der Waals surface area contributed by atoms with Crippen molar-refractivity contribution < 1.29 is 14.3 Å². The van der Waals surface area contributed by atoms with Gasteiger partial charge in [0, 0.05) is 17.9 Å². The zero-order chi connectivity index (χ0) is 22.6. The highest BCUT2D eigenvalue weighted by Crippen LogP contribution is 2.36. The first kappa shape index (κ1) is 21.5. The number of rotatable bonds is 6. The van der Waals surface area contributed by atoms with Crippen molar-refractivity contribution in [3.63, 3.8) is 0 Å². The van der Waals surface area contributed by atoms with Gasteiger partial charge >= 0.3 is 5.97 Å². The second-order valence-corrected chi connectivity index (χ2v) is 8.93. The predicted molar refractivity (Wildman–Crippen MR) is 134 cm³/mol. The number of carbonyl (C=O) groups excluding carboxylic acids is 1. The second kappa shape index (κ2) is 9.66. The molecule has 33 heavy (non-hydrogen) atoms. The van der Waals surface area contributed by atoms with Crippen molar-refractivity contribution in [3.05, 3.63) is 90.0 Å². The van der Waals surface area contributed by atoms with E-state index in [4.69, 9.17) is 9.47 Å². The fourth-order valence-electron chi connectivity index (χ4n) is 5.10. The van der Waals surface area contributed by atoms with Crippen LogP contribution in [-0.2, 0) is 16.1 Å². The van der Waals surface area contributed by atoms with Gasteiger partial charge in [0.2, 0.25) is 0 Å². The molecule has 0 radical (unpaired) electrons. The smallest absolute Gasteiger partial charge is 0.305 e. The van der Waals surface area contributed by atoms with E-state index in [1.54, 1.807) is 0 Å². The fraction of sp³-hybridized carbons (Fsp3) is 0.300. The van der Waals surface area contributed by atoms with Crippen LogP contribution in [0.4, 0.5) is 0 Å². The Hall–Kier alpha value is -3.33. The number of hydrogen-bond donors (Lipinski definition) is 0. The molecule has 0 saturated heterocycles. The Labute approximate surface area is 195 Å². The highest BCUT2D eigenvalue weighted by Gasteiger charge is 2.29. The molecule has 0 heterocycles. The Bertz CT molecular complexity index is 1200. The van der Waals surface area contributed by atoms with E-state index in [9.17, 15) is 4.79 Å². The number of ether oxygens (including phenoxy) is 2. The highest BCUT2D eigenvalue weighted by atomic mass is 16.5. The van der Waals surface area contributed by atoms with E-state index >= 15 is 0 Å². The maximum absolute atomic E-state index is 11.9. The molecule has 0 bridgehead atoms. The van der Waals surface area contributed by atoms with Crippen molar-refractivity contribution in [2.45, 2.75) is 57.7 Å². The van der Waals surface area contributed by atoms with Crippen LogP contribution in [0.15, 0.2) is 78.9 Å². The summed E-state index contributed by atoms with van der Waals surface area (Å²) in [4.78, 5) is 11.9. The van der Waals surface area contributed by atoms with Gasteiger partial charge in [-0.25, -0.2) is 0 Å². The topological polar surface area (TPSA) is 35.5 Å².